The number of rotatable bonds is 4. The van der Waals surface area contributed by atoms with Crippen LogP contribution in [0.4, 0.5) is 17.1 Å². The molecule has 0 bridgehead atoms. The van der Waals surface area contributed by atoms with Crippen molar-refractivity contribution in [3.8, 4) is 22.3 Å². The fourth-order valence-electron chi connectivity index (χ4n) is 4.88. The van der Waals surface area contributed by atoms with Gasteiger partial charge in [-0.05, 0) is 64.6 Å². The zero-order chi connectivity index (χ0) is 21.3. The van der Waals surface area contributed by atoms with Crippen LogP contribution in [0.3, 0.4) is 0 Å². The summed E-state index contributed by atoms with van der Waals surface area (Å²) in [5, 5.41) is 0. The summed E-state index contributed by atoms with van der Waals surface area (Å²) in [7, 11) is 0. The van der Waals surface area contributed by atoms with Gasteiger partial charge in [0, 0.05) is 16.9 Å². The van der Waals surface area contributed by atoms with E-state index in [0.29, 0.717) is 0 Å². The van der Waals surface area contributed by atoms with Gasteiger partial charge >= 0.3 is 0 Å². The minimum atomic E-state index is 0.959. The third-order valence-electron chi connectivity index (χ3n) is 6.30. The van der Waals surface area contributed by atoms with Crippen molar-refractivity contribution in [2.24, 2.45) is 0 Å². The Morgan fingerprint density at radius 1 is 0.469 bits per heavy atom. The van der Waals surface area contributed by atoms with E-state index in [1.807, 2.05) is 0 Å². The number of fused-ring (bicyclic) bond motifs is 3. The number of nitrogens with zero attached hydrogens (tertiary/aromatic N) is 1. The molecule has 1 nitrogen and oxygen atoms in total. The summed E-state index contributed by atoms with van der Waals surface area (Å²) in [5.74, 6) is 0. The van der Waals surface area contributed by atoms with Crippen LogP contribution >= 0.6 is 0 Å². The van der Waals surface area contributed by atoms with E-state index >= 15 is 0 Å². The summed E-state index contributed by atoms with van der Waals surface area (Å²) in [6.45, 7) is 0. The average Bonchev–Trinajstić information content (AvgIpc) is 3.26. The maximum atomic E-state index is 2.38. The van der Waals surface area contributed by atoms with E-state index in [-0.39, 0.29) is 0 Å². The Bertz CT molecular complexity index is 1330. The van der Waals surface area contributed by atoms with Crippen LogP contribution in [0, 0.1) is 0 Å². The van der Waals surface area contributed by atoms with E-state index < -0.39 is 0 Å². The third kappa shape index (κ3) is 3.11. The summed E-state index contributed by atoms with van der Waals surface area (Å²) in [6, 6.07) is 45.5. The van der Waals surface area contributed by atoms with Gasteiger partial charge in [0.25, 0.3) is 0 Å². The second kappa shape index (κ2) is 7.86. The normalized spacial score (nSPS) is 11.6. The van der Waals surface area contributed by atoms with E-state index in [4.69, 9.17) is 0 Å². The van der Waals surface area contributed by atoms with Crippen LogP contribution in [-0.2, 0) is 6.42 Å². The van der Waals surface area contributed by atoms with Crippen LogP contribution in [0.2, 0.25) is 0 Å². The van der Waals surface area contributed by atoms with Crippen LogP contribution in [0.15, 0.2) is 127 Å². The van der Waals surface area contributed by atoms with Gasteiger partial charge in [0.05, 0.1) is 5.69 Å². The molecule has 0 atom stereocenters. The second-order valence-electron chi connectivity index (χ2n) is 8.19. The Labute approximate surface area is 189 Å². The van der Waals surface area contributed by atoms with E-state index in [9.17, 15) is 0 Å². The highest BCUT2D eigenvalue weighted by molar-refractivity contribution is 5.96. The quantitative estimate of drug-likeness (QED) is 0.282. The molecule has 0 saturated carbocycles. The molecule has 0 aliphatic heterocycles. The molecule has 0 spiro atoms. The van der Waals surface area contributed by atoms with Crippen molar-refractivity contribution in [2.75, 3.05) is 4.90 Å². The van der Waals surface area contributed by atoms with Crippen LogP contribution in [0.25, 0.3) is 22.3 Å². The first kappa shape index (κ1) is 18.7. The first-order chi connectivity index (χ1) is 15.9. The summed E-state index contributed by atoms with van der Waals surface area (Å²) in [6.07, 6.45) is 0.959. The van der Waals surface area contributed by atoms with Gasteiger partial charge in [0.15, 0.2) is 0 Å². The molecule has 1 heteroatoms. The van der Waals surface area contributed by atoms with Crippen LogP contribution in [0.1, 0.15) is 11.1 Å². The standard InChI is InChI=1S/C31H23N/c1-4-12-23(13-5-1)27-20-21-30(31-28-19-11-10-14-24(28)22-29(27)31)32(25-15-6-2-7-16-25)26-17-8-3-9-18-26/h1-21H,22H2. The zero-order valence-corrected chi connectivity index (χ0v) is 17.8. The molecule has 6 rings (SSSR count). The smallest absolute Gasteiger partial charge is 0.0543 e. The van der Waals surface area contributed by atoms with Gasteiger partial charge in [-0.3, -0.25) is 0 Å². The maximum absolute atomic E-state index is 2.38. The fourth-order valence-corrected chi connectivity index (χ4v) is 4.88. The van der Waals surface area contributed by atoms with Gasteiger partial charge in [-0.1, -0.05) is 97.1 Å². The first-order valence-corrected chi connectivity index (χ1v) is 11.1. The topological polar surface area (TPSA) is 3.24 Å². The molecule has 152 valence electrons. The highest BCUT2D eigenvalue weighted by Crippen LogP contribution is 2.49. The van der Waals surface area contributed by atoms with Crippen molar-refractivity contribution in [2.45, 2.75) is 6.42 Å². The molecule has 0 N–H and O–H groups in total. The minimum Gasteiger partial charge on any atom is -0.310 e. The van der Waals surface area contributed by atoms with Crippen molar-refractivity contribution in [3.05, 3.63) is 139 Å². The van der Waals surface area contributed by atoms with Crippen molar-refractivity contribution >= 4 is 17.1 Å². The number of hydrogen-bond acceptors (Lipinski definition) is 1. The lowest BCUT2D eigenvalue weighted by molar-refractivity contribution is 1.25. The maximum Gasteiger partial charge on any atom is 0.0543 e. The molecule has 0 saturated heterocycles. The summed E-state index contributed by atoms with van der Waals surface area (Å²) >= 11 is 0. The van der Waals surface area contributed by atoms with E-state index in [1.165, 1.54) is 39.1 Å². The van der Waals surface area contributed by atoms with Crippen molar-refractivity contribution in [3.63, 3.8) is 0 Å². The lowest BCUT2D eigenvalue weighted by Gasteiger charge is -2.28. The van der Waals surface area contributed by atoms with Crippen LogP contribution in [0.5, 0.6) is 0 Å². The Morgan fingerprint density at radius 3 is 1.69 bits per heavy atom. The van der Waals surface area contributed by atoms with E-state index in [2.05, 4.69) is 132 Å². The SMILES string of the molecule is c1ccc(-c2ccc(N(c3ccccc3)c3ccccc3)c3c2Cc2ccccc2-3)cc1. The van der Waals surface area contributed by atoms with Gasteiger partial charge in [0.1, 0.15) is 0 Å². The van der Waals surface area contributed by atoms with E-state index in [1.54, 1.807) is 0 Å². The van der Waals surface area contributed by atoms with Gasteiger partial charge in [-0.25, -0.2) is 0 Å². The highest BCUT2D eigenvalue weighted by atomic mass is 15.1. The molecule has 0 radical (unpaired) electrons. The predicted octanol–water partition coefficient (Wildman–Crippen LogP) is 8.39. The molecule has 0 amide bonds. The molecule has 5 aromatic carbocycles. The Hall–Kier alpha value is -4.10. The van der Waals surface area contributed by atoms with Crippen molar-refractivity contribution in [1.82, 2.24) is 0 Å². The molecule has 0 aromatic heterocycles. The number of benzene rings is 5. The molecule has 1 aliphatic carbocycles. The summed E-state index contributed by atoms with van der Waals surface area (Å²) < 4.78 is 0. The molecule has 1 aliphatic rings. The zero-order valence-electron chi connectivity index (χ0n) is 17.8. The molecule has 32 heavy (non-hydrogen) atoms. The lowest BCUT2D eigenvalue weighted by atomic mass is 9.93. The van der Waals surface area contributed by atoms with Crippen molar-refractivity contribution in [1.29, 1.82) is 0 Å². The van der Waals surface area contributed by atoms with E-state index in [0.717, 1.165) is 17.8 Å². The van der Waals surface area contributed by atoms with Gasteiger partial charge in [-0.15, -0.1) is 0 Å². The highest BCUT2D eigenvalue weighted by Gasteiger charge is 2.27. The average molecular weight is 410 g/mol. The number of hydrogen-bond donors (Lipinski definition) is 0. The fraction of sp³-hybridized carbons (Fsp3) is 0.0323. The monoisotopic (exact) mass is 409 g/mol. The van der Waals surface area contributed by atoms with Gasteiger partial charge in [0.2, 0.25) is 0 Å². The lowest BCUT2D eigenvalue weighted by Crippen LogP contribution is -2.11. The summed E-state index contributed by atoms with van der Waals surface area (Å²) in [4.78, 5) is 2.38. The van der Waals surface area contributed by atoms with Crippen molar-refractivity contribution < 1.29 is 0 Å². The van der Waals surface area contributed by atoms with Crippen LogP contribution < -0.4 is 4.90 Å². The number of anilines is 3. The predicted molar refractivity (Wildman–Crippen MR) is 135 cm³/mol. The molecule has 0 unspecified atom stereocenters. The molecule has 0 heterocycles. The van der Waals surface area contributed by atoms with Gasteiger partial charge in [-0.2, -0.15) is 0 Å². The third-order valence-corrected chi connectivity index (χ3v) is 6.30. The van der Waals surface area contributed by atoms with Gasteiger partial charge < -0.3 is 4.90 Å². The molecule has 0 fully saturated rings. The Kier molecular flexibility index (Phi) is 4.58. The minimum absolute atomic E-state index is 0.959. The Morgan fingerprint density at radius 2 is 1.03 bits per heavy atom. The van der Waals surface area contributed by atoms with Crippen LogP contribution in [-0.4, -0.2) is 0 Å². The molecular formula is C31H23N. The Balaban J connectivity index is 1.64. The molecule has 5 aromatic rings. The number of para-hydroxylation sites is 2. The largest absolute Gasteiger partial charge is 0.310 e. The first-order valence-electron chi connectivity index (χ1n) is 11.1. The molecular weight excluding hydrogens is 386 g/mol. The second-order valence-corrected chi connectivity index (χ2v) is 8.19. The summed E-state index contributed by atoms with van der Waals surface area (Å²) in [5.41, 5.74) is 11.6.